The Morgan fingerprint density at radius 3 is 2.75 bits per heavy atom. The molecule has 2 heterocycles. The molecule has 2 aromatic rings. The van der Waals surface area contributed by atoms with E-state index in [2.05, 4.69) is 58.4 Å². The Morgan fingerprint density at radius 2 is 2.15 bits per heavy atom. The summed E-state index contributed by atoms with van der Waals surface area (Å²) in [6.07, 6.45) is 2.13. The highest BCUT2D eigenvalue weighted by molar-refractivity contribution is 7.09. The minimum absolute atomic E-state index is 0.473. The maximum atomic E-state index is 4.38. The molecule has 0 spiro atoms. The van der Waals surface area contributed by atoms with Crippen molar-refractivity contribution in [3.63, 3.8) is 0 Å². The van der Waals surface area contributed by atoms with Crippen molar-refractivity contribution in [2.75, 3.05) is 11.9 Å². The first kappa shape index (κ1) is 15.0. The zero-order chi connectivity index (χ0) is 14.5. The van der Waals surface area contributed by atoms with Crippen LogP contribution in [0.15, 0.2) is 17.5 Å². The summed E-state index contributed by atoms with van der Waals surface area (Å²) in [7, 11) is 2.05. The Kier molecular flexibility index (Phi) is 5.17. The summed E-state index contributed by atoms with van der Waals surface area (Å²) in [6, 6.07) is 4.26. The fraction of sp³-hybridized carbons (Fsp3) is 0.600. The highest BCUT2D eigenvalue weighted by atomic mass is 32.1. The molecule has 0 amide bonds. The molecule has 1 unspecified atom stereocenters. The lowest BCUT2D eigenvalue weighted by Crippen LogP contribution is -2.14. The van der Waals surface area contributed by atoms with Gasteiger partial charge in [-0.1, -0.05) is 26.8 Å². The maximum Gasteiger partial charge on any atom is 0.224 e. The van der Waals surface area contributed by atoms with Crippen molar-refractivity contribution in [3.05, 3.63) is 28.2 Å². The molecule has 0 saturated carbocycles. The fourth-order valence-electron chi connectivity index (χ4n) is 2.52. The molecule has 2 rings (SSSR count). The third-order valence-corrected chi connectivity index (χ3v) is 4.66. The number of anilines is 1. The molecule has 0 radical (unpaired) electrons. The zero-order valence-corrected chi connectivity index (χ0v) is 13.6. The predicted molar refractivity (Wildman–Crippen MR) is 85.4 cm³/mol. The number of aromatic nitrogens is 3. The average Bonchev–Trinajstić information content (AvgIpc) is 3.03. The molecule has 0 aromatic carbocycles. The fourth-order valence-corrected chi connectivity index (χ4v) is 3.23. The van der Waals surface area contributed by atoms with E-state index in [1.807, 2.05) is 7.05 Å². The summed E-state index contributed by atoms with van der Waals surface area (Å²) in [5.74, 6) is 3.01. The van der Waals surface area contributed by atoms with Gasteiger partial charge in [-0.05, 0) is 30.2 Å². The van der Waals surface area contributed by atoms with Crippen LogP contribution in [0.2, 0.25) is 0 Å². The SMILES string of the molecule is CCC(c1nnc(NCCc2cccs2)n1C)C(C)C. The quantitative estimate of drug-likeness (QED) is 0.846. The Bertz CT molecular complexity index is 516. The van der Waals surface area contributed by atoms with Crippen LogP contribution in [0.5, 0.6) is 0 Å². The third kappa shape index (κ3) is 3.39. The van der Waals surface area contributed by atoms with Gasteiger partial charge in [-0.25, -0.2) is 0 Å². The summed E-state index contributed by atoms with van der Waals surface area (Å²) < 4.78 is 2.10. The van der Waals surface area contributed by atoms with Gasteiger partial charge in [0.25, 0.3) is 0 Å². The smallest absolute Gasteiger partial charge is 0.224 e. The summed E-state index contributed by atoms with van der Waals surface area (Å²) in [5, 5.41) is 14.2. The first-order valence-electron chi connectivity index (χ1n) is 7.29. The van der Waals surface area contributed by atoms with Gasteiger partial charge in [0.15, 0.2) is 0 Å². The predicted octanol–water partition coefficient (Wildman–Crippen LogP) is 3.68. The van der Waals surface area contributed by atoms with Gasteiger partial charge in [-0.2, -0.15) is 0 Å². The van der Waals surface area contributed by atoms with Crippen molar-refractivity contribution in [3.8, 4) is 0 Å². The number of hydrogen-bond acceptors (Lipinski definition) is 4. The number of nitrogens with one attached hydrogen (secondary N) is 1. The van der Waals surface area contributed by atoms with Crippen molar-refractivity contribution in [1.29, 1.82) is 0 Å². The van der Waals surface area contributed by atoms with Crippen LogP contribution in [0.3, 0.4) is 0 Å². The second-order valence-electron chi connectivity index (χ2n) is 5.46. The van der Waals surface area contributed by atoms with E-state index in [1.165, 1.54) is 4.88 Å². The van der Waals surface area contributed by atoms with Crippen LogP contribution in [0.1, 0.15) is 43.8 Å². The van der Waals surface area contributed by atoms with Crippen molar-refractivity contribution in [2.45, 2.75) is 39.5 Å². The van der Waals surface area contributed by atoms with Crippen LogP contribution >= 0.6 is 11.3 Å². The van der Waals surface area contributed by atoms with Gasteiger partial charge in [0.1, 0.15) is 5.82 Å². The Morgan fingerprint density at radius 1 is 1.35 bits per heavy atom. The highest BCUT2D eigenvalue weighted by Gasteiger charge is 2.20. The molecule has 0 aliphatic rings. The molecular formula is C15H24N4S. The van der Waals surface area contributed by atoms with Crippen LogP contribution in [0.4, 0.5) is 5.95 Å². The molecule has 20 heavy (non-hydrogen) atoms. The van der Waals surface area contributed by atoms with Gasteiger partial charge in [0, 0.05) is 24.4 Å². The first-order chi connectivity index (χ1) is 9.63. The van der Waals surface area contributed by atoms with E-state index in [9.17, 15) is 0 Å². The minimum atomic E-state index is 0.473. The molecule has 0 aliphatic heterocycles. The Hall–Kier alpha value is -1.36. The van der Waals surface area contributed by atoms with E-state index < -0.39 is 0 Å². The molecule has 5 heteroatoms. The topological polar surface area (TPSA) is 42.7 Å². The van der Waals surface area contributed by atoms with Crippen LogP contribution < -0.4 is 5.32 Å². The summed E-state index contributed by atoms with van der Waals surface area (Å²) in [6.45, 7) is 7.59. The number of thiophene rings is 1. The molecular weight excluding hydrogens is 268 g/mol. The van der Waals surface area contributed by atoms with Gasteiger partial charge in [0.05, 0.1) is 0 Å². The lowest BCUT2D eigenvalue weighted by molar-refractivity contribution is 0.451. The molecule has 0 bridgehead atoms. The molecule has 2 aromatic heterocycles. The number of nitrogens with zero attached hydrogens (tertiary/aromatic N) is 3. The van der Waals surface area contributed by atoms with Crippen molar-refractivity contribution >= 4 is 17.3 Å². The van der Waals surface area contributed by atoms with E-state index >= 15 is 0 Å². The van der Waals surface area contributed by atoms with Crippen molar-refractivity contribution in [1.82, 2.24) is 14.8 Å². The second kappa shape index (κ2) is 6.88. The summed E-state index contributed by atoms with van der Waals surface area (Å²) >= 11 is 1.80. The molecule has 1 atom stereocenters. The van der Waals surface area contributed by atoms with E-state index in [1.54, 1.807) is 11.3 Å². The largest absolute Gasteiger partial charge is 0.354 e. The number of rotatable bonds is 7. The van der Waals surface area contributed by atoms with E-state index in [-0.39, 0.29) is 0 Å². The number of hydrogen-bond donors (Lipinski definition) is 1. The second-order valence-corrected chi connectivity index (χ2v) is 6.49. The Labute approximate surface area is 125 Å². The lowest BCUT2D eigenvalue weighted by Gasteiger charge is -2.18. The average molecular weight is 292 g/mol. The standard InChI is InChI=1S/C15H24N4S/c1-5-13(11(2)3)14-17-18-15(19(14)4)16-9-8-12-7-6-10-20-12/h6-7,10-11,13H,5,8-9H2,1-4H3,(H,16,18). The van der Waals surface area contributed by atoms with Crippen LogP contribution in [-0.4, -0.2) is 21.3 Å². The summed E-state index contributed by atoms with van der Waals surface area (Å²) in [4.78, 5) is 1.40. The van der Waals surface area contributed by atoms with Crippen molar-refractivity contribution < 1.29 is 0 Å². The molecule has 1 N–H and O–H groups in total. The first-order valence-corrected chi connectivity index (χ1v) is 8.17. The zero-order valence-electron chi connectivity index (χ0n) is 12.8. The van der Waals surface area contributed by atoms with E-state index in [0.717, 1.165) is 31.2 Å². The van der Waals surface area contributed by atoms with Gasteiger partial charge in [0.2, 0.25) is 5.95 Å². The van der Waals surface area contributed by atoms with Crippen LogP contribution in [0.25, 0.3) is 0 Å². The van der Waals surface area contributed by atoms with Crippen molar-refractivity contribution in [2.24, 2.45) is 13.0 Å². The molecule has 0 fully saturated rings. The molecule has 110 valence electrons. The molecule has 0 saturated heterocycles. The summed E-state index contributed by atoms with van der Waals surface area (Å²) in [5.41, 5.74) is 0. The van der Waals surface area contributed by atoms with Gasteiger partial charge in [-0.15, -0.1) is 21.5 Å². The van der Waals surface area contributed by atoms with Gasteiger partial charge in [-0.3, -0.25) is 0 Å². The maximum absolute atomic E-state index is 4.38. The van der Waals surface area contributed by atoms with Gasteiger partial charge < -0.3 is 9.88 Å². The third-order valence-electron chi connectivity index (χ3n) is 3.72. The van der Waals surface area contributed by atoms with E-state index in [4.69, 9.17) is 0 Å². The molecule has 0 aliphatic carbocycles. The van der Waals surface area contributed by atoms with Gasteiger partial charge >= 0.3 is 0 Å². The van der Waals surface area contributed by atoms with Crippen LogP contribution in [0, 0.1) is 5.92 Å². The minimum Gasteiger partial charge on any atom is -0.354 e. The Balaban J connectivity index is 1.97. The monoisotopic (exact) mass is 292 g/mol. The lowest BCUT2D eigenvalue weighted by atomic mass is 9.92. The normalized spacial score (nSPS) is 12.8. The van der Waals surface area contributed by atoms with Crippen LogP contribution in [-0.2, 0) is 13.5 Å². The van der Waals surface area contributed by atoms with E-state index in [0.29, 0.717) is 11.8 Å². The molecule has 4 nitrogen and oxygen atoms in total. The highest BCUT2D eigenvalue weighted by Crippen LogP contribution is 2.26.